The summed E-state index contributed by atoms with van der Waals surface area (Å²) in [7, 11) is -3.88. The van der Waals surface area contributed by atoms with Crippen molar-refractivity contribution in [1.29, 1.82) is 0 Å². The van der Waals surface area contributed by atoms with Gasteiger partial charge in [0.2, 0.25) is 9.84 Å². The van der Waals surface area contributed by atoms with Crippen LogP contribution in [0.2, 0.25) is 0 Å². The normalized spacial score (nSPS) is 21.3. The third kappa shape index (κ3) is 3.72. The van der Waals surface area contributed by atoms with Gasteiger partial charge >= 0.3 is 0 Å². The predicted octanol–water partition coefficient (Wildman–Crippen LogP) is 6.39. The van der Waals surface area contributed by atoms with Crippen LogP contribution < -0.4 is 4.74 Å². The number of fused-ring (bicyclic) bond motifs is 3. The number of sulfone groups is 1. The Labute approximate surface area is 205 Å². The second kappa shape index (κ2) is 8.75. The van der Waals surface area contributed by atoms with Crippen LogP contribution in [0.1, 0.15) is 28.7 Å². The number of hydrogen-bond donors (Lipinski definition) is 0. The van der Waals surface area contributed by atoms with Crippen LogP contribution in [0.3, 0.4) is 0 Å². The Morgan fingerprint density at radius 2 is 1.29 bits per heavy atom. The highest BCUT2D eigenvalue weighted by atomic mass is 32.2. The number of hydrogen-bond acceptors (Lipinski definition) is 4. The largest absolute Gasteiger partial charge is 0.493 e. The van der Waals surface area contributed by atoms with Crippen LogP contribution in [0.15, 0.2) is 125 Å². The van der Waals surface area contributed by atoms with Crippen molar-refractivity contribution in [3.8, 4) is 5.75 Å². The lowest BCUT2D eigenvalue weighted by Gasteiger charge is -2.44. The van der Waals surface area contributed by atoms with Gasteiger partial charge in [-0.05, 0) is 23.8 Å². The zero-order valence-corrected chi connectivity index (χ0v) is 19.8. The van der Waals surface area contributed by atoms with E-state index in [1.165, 1.54) is 0 Å². The summed E-state index contributed by atoms with van der Waals surface area (Å²) in [4.78, 5) is 0.552. The second-order valence-electron chi connectivity index (χ2n) is 8.82. The molecule has 0 unspecified atom stereocenters. The summed E-state index contributed by atoms with van der Waals surface area (Å²) in [5.41, 5.74) is 2.61. The molecule has 4 aromatic rings. The van der Waals surface area contributed by atoms with E-state index in [0.717, 1.165) is 22.4 Å². The Balaban J connectivity index is 1.67. The van der Waals surface area contributed by atoms with Gasteiger partial charge in [-0.2, -0.15) is 0 Å². The van der Waals surface area contributed by atoms with E-state index in [0.29, 0.717) is 17.3 Å². The van der Waals surface area contributed by atoms with E-state index >= 15 is 0 Å². The summed E-state index contributed by atoms with van der Waals surface area (Å²) < 4.78 is 41.4. The van der Waals surface area contributed by atoms with Crippen LogP contribution in [0, 0.1) is 5.92 Å². The molecule has 5 heteroatoms. The summed E-state index contributed by atoms with van der Waals surface area (Å²) in [6.45, 7) is 0.358. The molecule has 4 aromatic carbocycles. The molecule has 35 heavy (non-hydrogen) atoms. The predicted molar refractivity (Wildman–Crippen MR) is 135 cm³/mol. The van der Waals surface area contributed by atoms with Gasteiger partial charge in [0.15, 0.2) is 0 Å². The molecule has 0 aliphatic carbocycles. The summed E-state index contributed by atoms with van der Waals surface area (Å²) in [5.74, 6) is 0.490. The van der Waals surface area contributed by atoms with Gasteiger partial charge in [0.05, 0.1) is 16.4 Å². The standard InChI is InChI=1S/C30H24O4S/c31-35(32,23-16-8-3-9-17-23)30-27-24-18-10-11-19-26(24)33-20-25(27)28(21-12-4-1-5-13-21)34-29(30)22-14-6-2-7-15-22/h1-19,25,27-28H,20H2/t25-,27+,28+/m0/s1. The van der Waals surface area contributed by atoms with Crippen LogP contribution in [0.25, 0.3) is 5.76 Å². The maximum atomic E-state index is 14.3. The van der Waals surface area contributed by atoms with Gasteiger partial charge < -0.3 is 9.47 Å². The molecule has 0 fully saturated rings. The van der Waals surface area contributed by atoms with E-state index < -0.39 is 15.8 Å². The molecule has 3 atom stereocenters. The molecular formula is C30H24O4S. The van der Waals surface area contributed by atoms with Gasteiger partial charge in [0.1, 0.15) is 17.6 Å². The lowest BCUT2D eigenvalue weighted by molar-refractivity contribution is 0.0383. The van der Waals surface area contributed by atoms with E-state index in [4.69, 9.17) is 9.47 Å². The Morgan fingerprint density at radius 3 is 2.00 bits per heavy atom. The minimum Gasteiger partial charge on any atom is -0.493 e. The fourth-order valence-electron chi connectivity index (χ4n) is 5.17. The number of allylic oxidation sites excluding steroid dienone is 1. The van der Waals surface area contributed by atoms with Crippen LogP contribution in [0.4, 0.5) is 0 Å². The number of benzene rings is 4. The van der Waals surface area contributed by atoms with Crippen molar-refractivity contribution in [1.82, 2.24) is 0 Å². The molecule has 0 N–H and O–H groups in total. The van der Waals surface area contributed by atoms with Crippen LogP contribution >= 0.6 is 0 Å². The SMILES string of the molecule is O=S(=O)(C1=C(c2ccccc2)O[C@H](c2ccccc2)[C@H]2COc3ccccc3[C@@H]12)c1ccccc1. The molecule has 174 valence electrons. The first kappa shape index (κ1) is 21.7. The summed E-state index contributed by atoms with van der Waals surface area (Å²) in [5, 5.41) is 0. The van der Waals surface area contributed by atoms with Crippen molar-refractivity contribution in [2.75, 3.05) is 6.61 Å². The summed E-state index contributed by atoms with van der Waals surface area (Å²) >= 11 is 0. The maximum absolute atomic E-state index is 14.3. The van der Waals surface area contributed by atoms with E-state index in [-0.39, 0.29) is 16.9 Å². The molecule has 0 radical (unpaired) electrons. The van der Waals surface area contributed by atoms with Crippen LogP contribution in [0.5, 0.6) is 5.75 Å². The Kier molecular flexibility index (Phi) is 5.42. The first-order chi connectivity index (χ1) is 17.1. The molecule has 0 bridgehead atoms. The molecule has 0 amide bonds. The topological polar surface area (TPSA) is 52.6 Å². The summed E-state index contributed by atoms with van der Waals surface area (Å²) in [6.07, 6.45) is -0.362. The van der Waals surface area contributed by atoms with Crippen molar-refractivity contribution in [2.45, 2.75) is 16.9 Å². The van der Waals surface area contributed by atoms with Crippen LogP contribution in [-0.4, -0.2) is 15.0 Å². The van der Waals surface area contributed by atoms with Gasteiger partial charge in [0.25, 0.3) is 0 Å². The quantitative estimate of drug-likeness (QED) is 0.339. The van der Waals surface area contributed by atoms with Gasteiger partial charge in [-0.15, -0.1) is 0 Å². The lowest BCUT2D eigenvalue weighted by atomic mass is 9.76. The van der Waals surface area contributed by atoms with E-state index in [1.54, 1.807) is 24.3 Å². The van der Waals surface area contributed by atoms with E-state index in [9.17, 15) is 8.42 Å². The van der Waals surface area contributed by atoms with Crippen molar-refractivity contribution in [3.63, 3.8) is 0 Å². The monoisotopic (exact) mass is 480 g/mol. The van der Waals surface area contributed by atoms with Gasteiger partial charge in [-0.25, -0.2) is 8.42 Å². The highest BCUT2D eigenvalue weighted by Crippen LogP contribution is 2.55. The Bertz CT molecular complexity index is 1480. The minimum atomic E-state index is -3.88. The van der Waals surface area contributed by atoms with Crippen molar-refractivity contribution < 1.29 is 17.9 Å². The second-order valence-corrected chi connectivity index (χ2v) is 10.7. The fraction of sp³-hybridized carbons (Fsp3) is 0.133. The number of rotatable bonds is 4. The molecule has 2 heterocycles. The third-order valence-electron chi connectivity index (χ3n) is 6.76. The average Bonchev–Trinajstić information content (AvgIpc) is 2.93. The molecule has 0 saturated carbocycles. The number of ether oxygens (including phenoxy) is 2. The fourth-order valence-corrected chi connectivity index (χ4v) is 6.98. The first-order valence-corrected chi connectivity index (χ1v) is 13.2. The number of para-hydroxylation sites is 1. The molecule has 6 rings (SSSR count). The molecular weight excluding hydrogens is 456 g/mol. The maximum Gasteiger partial charge on any atom is 0.207 e. The van der Waals surface area contributed by atoms with Gasteiger partial charge in [-0.3, -0.25) is 0 Å². The third-order valence-corrected chi connectivity index (χ3v) is 8.67. The molecule has 0 spiro atoms. The molecule has 0 saturated heterocycles. The Hall–Kier alpha value is -3.83. The highest BCUT2D eigenvalue weighted by Gasteiger charge is 2.49. The van der Waals surface area contributed by atoms with E-state index in [1.807, 2.05) is 91.0 Å². The van der Waals surface area contributed by atoms with Crippen LogP contribution in [-0.2, 0) is 14.6 Å². The smallest absolute Gasteiger partial charge is 0.207 e. The van der Waals surface area contributed by atoms with Crippen molar-refractivity contribution in [3.05, 3.63) is 137 Å². The van der Waals surface area contributed by atoms with Crippen molar-refractivity contribution >= 4 is 15.6 Å². The minimum absolute atomic E-state index is 0.215. The van der Waals surface area contributed by atoms with Gasteiger partial charge in [0, 0.05) is 23.0 Å². The molecule has 2 aliphatic heterocycles. The highest BCUT2D eigenvalue weighted by molar-refractivity contribution is 7.95. The molecule has 2 aliphatic rings. The average molecular weight is 481 g/mol. The van der Waals surface area contributed by atoms with E-state index in [2.05, 4.69) is 0 Å². The zero-order valence-electron chi connectivity index (χ0n) is 19.0. The molecule has 4 nitrogen and oxygen atoms in total. The van der Waals surface area contributed by atoms with Gasteiger partial charge in [-0.1, -0.05) is 97.1 Å². The van der Waals surface area contributed by atoms with Crippen molar-refractivity contribution in [2.24, 2.45) is 5.92 Å². The first-order valence-electron chi connectivity index (χ1n) is 11.7. The summed E-state index contributed by atoms with van der Waals surface area (Å²) in [6, 6.07) is 35.9. The zero-order chi connectivity index (χ0) is 23.8. The molecule has 0 aromatic heterocycles. The lowest BCUT2D eigenvalue weighted by Crippen LogP contribution is -2.38. The Morgan fingerprint density at radius 1 is 0.686 bits per heavy atom.